The molecule has 0 bridgehead atoms. The Labute approximate surface area is 74.1 Å². The predicted molar refractivity (Wildman–Crippen MR) is 45.4 cm³/mol. The Balaban J connectivity index is 3.33. The zero-order valence-electron chi connectivity index (χ0n) is 6.94. The molecule has 70 valence electrons. The van der Waals surface area contributed by atoms with Crippen LogP contribution in [-0.2, 0) is 0 Å². The van der Waals surface area contributed by atoms with E-state index >= 15 is 0 Å². The van der Waals surface area contributed by atoms with E-state index in [0.29, 0.717) is 0 Å². The number of primary amides is 1. The van der Waals surface area contributed by atoms with Crippen LogP contribution >= 0.6 is 0 Å². The van der Waals surface area contributed by atoms with Gasteiger partial charge in [-0.1, -0.05) is 0 Å². The molecule has 1 heterocycles. The van der Waals surface area contributed by atoms with Crippen molar-refractivity contribution in [3.8, 4) is 11.6 Å². The molecule has 0 fully saturated rings. The van der Waals surface area contributed by atoms with Crippen molar-refractivity contribution in [1.82, 2.24) is 4.98 Å². The topological polar surface area (TPSA) is 111 Å². The quantitative estimate of drug-likeness (QED) is 0.571. The van der Waals surface area contributed by atoms with Crippen LogP contribution in [0.15, 0.2) is 6.07 Å². The van der Waals surface area contributed by atoms with Gasteiger partial charge in [0, 0.05) is 6.07 Å². The van der Waals surface area contributed by atoms with E-state index in [4.69, 9.17) is 21.3 Å². The van der Waals surface area contributed by atoms with Crippen LogP contribution < -0.4 is 16.2 Å². The van der Waals surface area contributed by atoms with Gasteiger partial charge in [0.2, 0.25) is 5.88 Å². The lowest BCUT2D eigenvalue weighted by Gasteiger charge is -2.05. The lowest BCUT2D eigenvalue weighted by molar-refractivity contribution is 0.0996. The zero-order valence-corrected chi connectivity index (χ0v) is 6.94. The third-order valence-corrected chi connectivity index (χ3v) is 1.45. The average molecular weight is 183 g/mol. The van der Waals surface area contributed by atoms with Gasteiger partial charge in [-0.2, -0.15) is 4.98 Å². The first-order valence-corrected chi connectivity index (χ1v) is 3.39. The van der Waals surface area contributed by atoms with Gasteiger partial charge in [0.15, 0.2) is 11.6 Å². The number of ether oxygens (including phenoxy) is 1. The molecule has 1 amide bonds. The van der Waals surface area contributed by atoms with Crippen LogP contribution in [-0.4, -0.2) is 23.1 Å². The van der Waals surface area contributed by atoms with Gasteiger partial charge >= 0.3 is 0 Å². The number of carbonyl (C=O) groups excluding carboxylic acids is 1. The van der Waals surface area contributed by atoms with E-state index in [1.54, 1.807) is 0 Å². The van der Waals surface area contributed by atoms with Gasteiger partial charge < -0.3 is 21.3 Å². The molecule has 0 saturated heterocycles. The Morgan fingerprint density at radius 2 is 2.31 bits per heavy atom. The fraction of sp³-hybridized carbons (Fsp3) is 0.143. The molecule has 6 heteroatoms. The number of nitrogens with zero attached hydrogens (tertiary/aromatic N) is 1. The SMILES string of the molecule is COc1nc(N)c(O)cc1C(N)=O. The fourth-order valence-electron chi connectivity index (χ4n) is 0.831. The maximum atomic E-state index is 10.8. The molecule has 0 aliphatic heterocycles. The van der Waals surface area contributed by atoms with Crippen molar-refractivity contribution in [2.75, 3.05) is 12.8 Å². The number of rotatable bonds is 2. The molecule has 0 atom stereocenters. The Morgan fingerprint density at radius 3 is 2.77 bits per heavy atom. The summed E-state index contributed by atoms with van der Waals surface area (Å²) in [5, 5.41) is 9.12. The summed E-state index contributed by atoms with van der Waals surface area (Å²) in [5.74, 6) is -1.14. The number of pyridine rings is 1. The number of carbonyl (C=O) groups is 1. The van der Waals surface area contributed by atoms with Gasteiger partial charge in [0.1, 0.15) is 5.56 Å². The second-order valence-electron chi connectivity index (χ2n) is 2.31. The molecule has 0 unspecified atom stereocenters. The van der Waals surface area contributed by atoms with Crippen molar-refractivity contribution in [1.29, 1.82) is 0 Å². The van der Waals surface area contributed by atoms with E-state index in [0.717, 1.165) is 6.07 Å². The Hall–Kier alpha value is -1.98. The second-order valence-corrected chi connectivity index (χ2v) is 2.31. The fourth-order valence-corrected chi connectivity index (χ4v) is 0.831. The van der Waals surface area contributed by atoms with Crippen molar-refractivity contribution >= 4 is 11.7 Å². The first-order chi connectivity index (χ1) is 6.06. The summed E-state index contributed by atoms with van der Waals surface area (Å²) < 4.78 is 4.74. The van der Waals surface area contributed by atoms with Crippen molar-refractivity contribution in [3.63, 3.8) is 0 Å². The highest BCUT2D eigenvalue weighted by Gasteiger charge is 2.13. The van der Waals surface area contributed by atoms with Crippen molar-refractivity contribution < 1.29 is 14.6 Å². The maximum Gasteiger partial charge on any atom is 0.254 e. The Bertz CT molecular complexity index is 351. The molecule has 1 aromatic heterocycles. The van der Waals surface area contributed by atoms with Gasteiger partial charge in [-0.05, 0) is 0 Å². The molecule has 13 heavy (non-hydrogen) atoms. The molecule has 1 rings (SSSR count). The average Bonchev–Trinajstić information content (AvgIpc) is 2.08. The normalized spacial score (nSPS) is 9.62. The van der Waals surface area contributed by atoms with E-state index in [1.807, 2.05) is 0 Å². The largest absolute Gasteiger partial charge is 0.504 e. The number of nitrogens with two attached hydrogens (primary N) is 2. The molecule has 0 saturated carbocycles. The van der Waals surface area contributed by atoms with Crippen LogP contribution in [0.5, 0.6) is 11.6 Å². The third kappa shape index (κ3) is 1.61. The van der Waals surface area contributed by atoms with E-state index in [1.165, 1.54) is 7.11 Å². The standard InChI is InChI=1S/C7H9N3O3/c1-13-7-3(6(9)12)2-4(11)5(8)10-7/h2,11H,1H3,(H2,8,10)(H2,9,12). The smallest absolute Gasteiger partial charge is 0.254 e. The summed E-state index contributed by atoms with van der Waals surface area (Å²) >= 11 is 0. The molecular weight excluding hydrogens is 174 g/mol. The summed E-state index contributed by atoms with van der Waals surface area (Å²) in [7, 11) is 1.32. The monoisotopic (exact) mass is 183 g/mol. The van der Waals surface area contributed by atoms with Gasteiger partial charge in [0.25, 0.3) is 5.91 Å². The molecule has 5 N–H and O–H groups in total. The number of hydrogen-bond donors (Lipinski definition) is 3. The number of anilines is 1. The van der Waals surface area contributed by atoms with Gasteiger partial charge in [0.05, 0.1) is 7.11 Å². The van der Waals surface area contributed by atoms with Gasteiger partial charge in [-0.15, -0.1) is 0 Å². The minimum Gasteiger partial charge on any atom is -0.504 e. The minimum atomic E-state index is -0.736. The summed E-state index contributed by atoms with van der Waals surface area (Å²) in [6.07, 6.45) is 0. The Morgan fingerprint density at radius 1 is 1.69 bits per heavy atom. The second kappa shape index (κ2) is 3.18. The molecule has 6 nitrogen and oxygen atoms in total. The maximum absolute atomic E-state index is 10.8. The summed E-state index contributed by atoms with van der Waals surface area (Å²) in [4.78, 5) is 14.4. The summed E-state index contributed by atoms with van der Waals surface area (Å²) in [6, 6.07) is 1.11. The van der Waals surface area contributed by atoms with E-state index in [2.05, 4.69) is 4.98 Å². The summed E-state index contributed by atoms with van der Waals surface area (Å²) in [5.41, 5.74) is 10.3. The number of nitrogen functional groups attached to an aromatic ring is 1. The highest BCUT2D eigenvalue weighted by atomic mass is 16.5. The molecule has 0 aliphatic rings. The van der Waals surface area contributed by atoms with Crippen LogP contribution in [0.3, 0.4) is 0 Å². The third-order valence-electron chi connectivity index (χ3n) is 1.45. The first-order valence-electron chi connectivity index (χ1n) is 3.39. The highest BCUT2D eigenvalue weighted by molar-refractivity contribution is 5.95. The number of aromatic hydroxyl groups is 1. The lowest BCUT2D eigenvalue weighted by Crippen LogP contribution is -2.13. The highest BCUT2D eigenvalue weighted by Crippen LogP contribution is 2.25. The predicted octanol–water partition coefficient (Wildman–Crippen LogP) is -0.523. The molecule has 0 aliphatic carbocycles. The molecule has 0 aromatic carbocycles. The number of amides is 1. The van der Waals surface area contributed by atoms with Crippen molar-refractivity contribution in [2.45, 2.75) is 0 Å². The lowest BCUT2D eigenvalue weighted by atomic mass is 10.2. The zero-order chi connectivity index (χ0) is 10.0. The molecule has 0 radical (unpaired) electrons. The van der Waals surface area contributed by atoms with E-state index in [9.17, 15) is 4.79 Å². The number of hydrogen-bond acceptors (Lipinski definition) is 5. The van der Waals surface area contributed by atoms with Crippen molar-refractivity contribution in [3.05, 3.63) is 11.6 Å². The van der Waals surface area contributed by atoms with Crippen LogP contribution in [0, 0.1) is 0 Å². The van der Waals surface area contributed by atoms with Gasteiger partial charge in [-0.25, -0.2) is 0 Å². The van der Waals surface area contributed by atoms with Crippen molar-refractivity contribution in [2.24, 2.45) is 5.73 Å². The number of methoxy groups -OCH3 is 1. The van der Waals surface area contributed by atoms with Crippen LogP contribution in [0.4, 0.5) is 5.82 Å². The molecule has 1 aromatic rings. The summed E-state index contributed by atoms with van der Waals surface area (Å²) in [6.45, 7) is 0. The van der Waals surface area contributed by atoms with Crippen LogP contribution in [0.25, 0.3) is 0 Å². The van der Waals surface area contributed by atoms with Crippen LogP contribution in [0.2, 0.25) is 0 Å². The molecular formula is C7H9N3O3. The number of aromatic nitrogens is 1. The molecule has 0 spiro atoms. The van der Waals surface area contributed by atoms with Crippen LogP contribution in [0.1, 0.15) is 10.4 Å². The van der Waals surface area contributed by atoms with E-state index < -0.39 is 5.91 Å². The van der Waals surface area contributed by atoms with Gasteiger partial charge in [-0.3, -0.25) is 4.79 Å². The Kier molecular flexibility index (Phi) is 2.23. The van der Waals surface area contributed by atoms with E-state index in [-0.39, 0.29) is 23.0 Å². The minimum absolute atomic E-state index is 0.00259. The first kappa shape index (κ1) is 9.11.